The van der Waals surface area contributed by atoms with E-state index in [4.69, 9.17) is 0 Å². The topological polar surface area (TPSA) is 200 Å². The Morgan fingerprint density at radius 3 is 2.35 bits per heavy atom. The highest BCUT2D eigenvalue weighted by molar-refractivity contribution is 7.71. The first-order chi connectivity index (χ1) is 17.4. The minimum atomic E-state index is -5.32. The van der Waals surface area contributed by atoms with Gasteiger partial charge in [-0.1, -0.05) is 12.1 Å². The summed E-state index contributed by atoms with van der Waals surface area (Å²) in [4.78, 5) is 59.6. The molecule has 0 saturated carbocycles. The van der Waals surface area contributed by atoms with Gasteiger partial charge in [0.15, 0.2) is 11.5 Å². The number of aromatic nitrogens is 4. The predicted octanol–water partition coefficient (Wildman–Crippen LogP) is 2.96. The summed E-state index contributed by atoms with van der Waals surface area (Å²) in [5.41, 5.74) is -1.43. The molecule has 0 bridgehead atoms. The third-order valence-electron chi connectivity index (χ3n) is 5.18. The summed E-state index contributed by atoms with van der Waals surface area (Å²) in [5.74, 6) is -1.23. The van der Waals surface area contributed by atoms with Crippen LogP contribution in [0, 0.1) is 5.82 Å². The Balaban J connectivity index is 1.77. The molecular weight excluding hydrogens is 529 g/mol. The normalized spacial score (nSPS) is 12.2. The molecular formula is C21H21FN6O7P2. The summed E-state index contributed by atoms with van der Waals surface area (Å²) in [7, 11) is -10.6. The van der Waals surface area contributed by atoms with Crippen LogP contribution < -0.4 is 10.6 Å². The highest BCUT2D eigenvalue weighted by Gasteiger charge is 2.44. The number of nitrogens with zero attached hydrogens (tertiary/aromatic N) is 4. The summed E-state index contributed by atoms with van der Waals surface area (Å²) >= 11 is 0. The van der Waals surface area contributed by atoms with Crippen LogP contribution >= 0.6 is 15.2 Å². The molecule has 2 aromatic heterocycles. The van der Waals surface area contributed by atoms with E-state index in [1.54, 1.807) is 19.1 Å². The zero-order valence-electron chi connectivity index (χ0n) is 19.1. The van der Waals surface area contributed by atoms with Crippen molar-refractivity contribution in [1.29, 1.82) is 0 Å². The number of halogens is 1. The number of benzene rings is 2. The lowest BCUT2D eigenvalue weighted by Gasteiger charge is -2.21. The molecule has 2 heterocycles. The Bertz CT molecular complexity index is 1550. The third-order valence-corrected chi connectivity index (χ3v) is 8.52. The number of nitrogens with one attached hydrogen (secondary N) is 2. The molecule has 0 unspecified atom stereocenters. The van der Waals surface area contributed by atoms with Crippen LogP contribution in [-0.4, -0.2) is 50.8 Å². The number of carbonyl (C=O) groups excluding carboxylic acids is 1. The molecule has 0 aliphatic heterocycles. The van der Waals surface area contributed by atoms with Gasteiger partial charge in [-0.2, -0.15) is 5.10 Å². The zero-order valence-corrected chi connectivity index (χ0v) is 20.8. The van der Waals surface area contributed by atoms with Crippen molar-refractivity contribution >= 4 is 43.6 Å². The van der Waals surface area contributed by atoms with E-state index in [1.165, 1.54) is 47.3 Å². The molecule has 37 heavy (non-hydrogen) atoms. The summed E-state index contributed by atoms with van der Waals surface area (Å²) in [6.45, 7) is 2.13. The number of anilines is 2. The largest absolute Gasteiger partial charge is 0.360 e. The molecule has 194 valence electrons. The quantitative estimate of drug-likeness (QED) is 0.176. The number of fused-ring (bicyclic) bond motifs is 1. The maximum atomic E-state index is 13.1. The Morgan fingerprint density at radius 2 is 1.73 bits per heavy atom. The molecule has 0 fully saturated rings. The first-order valence-corrected chi connectivity index (χ1v) is 14.0. The fourth-order valence-electron chi connectivity index (χ4n) is 3.45. The van der Waals surface area contributed by atoms with E-state index in [-0.39, 0.29) is 28.2 Å². The predicted molar refractivity (Wildman–Crippen MR) is 132 cm³/mol. The maximum absolute atomic E-state index is 13.1. The van der Waals surface area contributed by atoms with Gasteiger partial charge in [-0.3, -0.25) is 13.9 Å². The maximum Gasteiger partial charge on any atom is 0.360 e. The number of aryl methyl sites for hydroxylation is 1. The number of carbonyl (C=O) groups is 1. The first-order valence-electron chi connectivity index (χ1n) is 10.6. The van der Waals surface area contributed by atoms with Crippen molar-refractivity contribution in [2.75, 3.05) is 10.6 Å². The Morgan fingerprint density at radius 1 is 1.05 bits per heavy atom. The van der Waals surface area contributed by atoms with Gasteiger partial charge < -0.3 is 30.2 Å². The van der Waals surface area contributed by atoms with Crippen LogP contribution in [0.5, 0.6) is 0 Å². The van der Waals surface area contributed by atoms with E-state index in [9.17, 15) is 37.9 Å². The van der Waals surface area contributed by atoms with Crippen LogP contribution in [0.4, 0.5) is 15.9 Å². The second-order valence-electron chi connectivity index (χ2n) is 7.83. The average molecular weight is 550 g/mol. The van der Waals surface area contributed by atoms with Crippen molar-refractivity contribution in [2.45, 2.75) is 19.0 Å². The Labute approximate surface area is 208 Å². The summed E-state index contributed by atoms with van der Waals surface area (Å²) in [6.07, 6.45) is 1.30. The summed E-state index contributed by atoms with van der Waals surface area (Å²) < 4.78 is 38.3. The smallest absolute Gasteiger partial charge is 0.346 e. The average Bonchev–Trinajstić information content (AvgIpc) is 3.25. The van der Waals surface area contributed by atoms with Crippen LogP contribution in [-0.2, 0) is 15.7 Å². The number of amides is 1. The molecule has 13 nitrogen and oxygen atoms in total. The lowest BCUT2D eigenvalue weighted by Crippen LogP contribution is -2.21. The van der Waals surface area contributed by atoms with E-state index in [2.05, 4.69) is 25.7 Å². The van der Waals surface area contributed by atoms with Gasteiger partial charge in [-0.15, -0.1) is 0 Å². The minimum Gasteiger partial charge on any atom is -0.346 e. The standard InChI is InChI=1S/C21H21FN6O7P2/c1-2-28-19-16(11-23-28)18(27-21(36(30,31)32)37(33,34)35)25-17(26-19)12-4-3-5-13(10-12)20(29)24-15-8-6-14(22)7-9-15/h3-11,21H,2H2,1H3,(H,24,29)(H,25,26,27)(H2,30,31,32)(H2,33,34,35). The molecule has 0 radical (unpaired) electrons. The van der Waals surface area contributed by atoms with Crippen LogP contribution in [0.1, 0.15) is 17.3 Å². The molecule has 1 amide bonds. The Hall–Kier alpha value is -3.51. The van der Waals surface area contributed by atoms with E-state index in [0.717, 1.165) is 0 Å². The number of hydrogen-bond donors (Lipinski definition) is 6. The molecule has 0 saturated heterocycles. The fourth-order valence-corrected chi connectivity index (χ4v) is 5.60. The molecule has 16 heteroatoms. The molecule has 0 spiro atoms. The van der Waals surface area contributed by atoms with Crippen molar-refractivity contribution in [3.05, 3.63) is 66.1 Å². The monoisotopic (exact) mass is 550 g/mol. The summed E-state index contributed by atoms with van der Waals surface area (Å²) in [5, 5.41) is 9.12. The number of rotatable bonds is 8. The van der Waals surface area contributed by atoms with Gasteiger partial charge >= 0.3 is 15.2 Å². The van der Waals surface area contributed by atoms with Crippen LogP contribution in [0.2, 0.25) is 0 Å². The van der Waals surface area contributed by atoms with Gasteiger partial charge in [0.05, 0.1) is 11.6 Å². The zero-order chi connectivity index (χ0) is 27.0. The van der Waals surface area contributed by atoms with Gasteiger partial charge in [-0.05, 0) is 43.3 Å². The lowest BCUT2D eigenvalue weighted by molar-refractivity contribution is 0.102. The first kappa shape index (κ1) is 26.6. The SMILES string of the molecule is CCn1ncc2c(NC(P(=O)(O)O)P(=O)(O)O)nc(-c3cccc(C(=O)Nc4ccc(F)cc4)c3)nc21. The molecule has 6 N–H and O–H groups in total. The summed E-state index contributed by atoms with van der Waals surface area (Å²) in [6, 6.07) is 11.3. The van der Waals surface area contributed by atoms with Crippen LogP contribution in [0.3, 0.4) is 0 Å². The van der Waals surface area contributed by atoms with Gasteiger partial charge in [0.1, 0.15) is 11.6 Å². The van der Waals surface area contributed by atoms with E-state index in [0.29, 0.717) is 17.8 Å². The van der Waals surface area contributed by atoms with E-state index in [1.807, 2.05) is 0 Å². The van der Waals surface area contributed by atoms with E-state index < -0.39 is 32.4 Å². The van der Waals surface area contributed by atoms with Gasteiger partial charge in [0, 0.05) is 23.4 Å². The van der Waals surface area contributed by atoms with Gasteiger partial charge in [0.25, 0.3) is 5.91 Å². The minimum absolute atomic E-state index is 0.00296. The molecule has 4 aromatic rings. The van der Waals surface area contributed by atoms with Crippen molar-refractivity contribution in [2.24, 2.45) is 0 Å². The second-order valence-corrected chi connectivity index (χ2v) is 11.6. The van der Waals surface area contributed by atoms with Gasteiger partial charge in [0.2, 0.25) is 5.52 Å². The molecule has 0 aliphatic rings. The van der Waals surface area contributed by atoms with Gasteiger partial charge in [-0.25, -0.2) is 19.0 Å². The van der Waals surface area contributed by atoms with E-state index >= 15 is 0 Å². The van der Waals surface area contributed by atoms with Crippen LogP contribution in [0.15, 0.2) is 54.7 Å². The van der Waals surface area contributed by atoms with Crippen molar-refractivity contribution in [3.8, 4) is 11.4 Å². The fraction of sp³-hybridized carbons (Fsp3) is 0.143. The molecule has 2 aromatic carbocycles. The van der Waals surface area contributed by atoms with Crippen molar-refractivity contribution in [3.63, 3.8) is 0 Å². The second kappa shape index (κ2) is 10.1. The number of hydrogen-bond acceptors (Lipinski definition) is 7. The van der Waals surface area contributed by atoms with Crippen molar-refractivity contribution in [1.82, 2.24) is 19.7 Å². The van der Waals surface area contributed by atoms with Crippen molar-refractivity contribution < 1.29 is 37.9 Å². The molecule has 0 aliphatic carbocycles. The highest BCUT2D eigenvalue weighted by Crippen LogP contribution is 2.59. The molecule has 0 atom stereocenters. The lowest BCUT2D eigenvalue weighted by atomic mass is 10.1. The van der Waals surface area contributed by atoms with Crippen LogP contribution in [0.25, 0.3) is 22.4 Å². The third kappa shape index (κ3) is 5.91. The molecule has 4 rings (SSSR count). The Kier molecular flexibility index (Phi) is 7.24. The highest BCUT2D eigenvalue weighted by atomic mass is 31.2.